The van der Waals surface area contributed by atoms with E-state index in [0.29, 0.717) is 11.8 Å². The summed E-state index contributed by atoms with van der Waals surface area (Å²) in [5, 5.41) is 15.4. The van der Waals surface area contributed by atoms with Crippen molar-refractivity contribution in [3.63, 3.8) is 0 Å². The molecule has 0 aliphatic carbocycles. The highest BCUT2D eigenvalue weighted by molar-refractivity contribution is 5.65. The molecule has 1 aliphatic heterocycles. The first-order valence-corrected chi connectivity index (χ1v) is 11.2. The number of benzene rings is 2. The van der Waals surface area contributed by atoms with Gasteiger partial charge in [0.1, 0.15) is 5.75 Å². The van der Waals surface area contributed by atoms with Gasteiger partial charge in [-0.05, 0) is 62.0 Å². The van der Waals surface area contributed by atoms with E-state index in [-0.39, 0.29) is 6.10 Å². The second-order valence-electron chi connectivity index (χ2n) is 8.86. The van der Waals surface area contributed by atoms with Crippen LogP contribution in [0.15, 0.2) is 60.8 Å². The third-order valence-corrected chi connectivity index (χ3v) is 6.35. The summed E-state index contributed by atoms with van der Waals surface area (Å²) in [4.78, 5) is 2.49. The monoisotopic (exact) mass is 419 g/mol. The summed E-state index contributed by atoms with van der Waals surface area (Å²) in [6.45, 7) is 7.07. The molecule has 1 N–H and O–H groups in total. The molecule has 0 spiro atoms. The van der Waals surface area contributed by atoms with Crippen LogP contribution in [0.1, 0.15) is 32.3 Å². The van der Waals surface area contributed by atoms with Crippen LogP contribution in [0.5, 0.6) is 5.75 Å². The van der Waals surface area contributed by atoms with Crippen molar-refractivity contribution in [3.05, 3.63) is 66.4 Å². The number of aliphatic hydroxyl groups excluding tert-OH is 1. The molecule has 0 radical (unpaired) electrons. The molecule has 5 heteroatoms. The van der Waals surface area contributed by atoms with Crippen LogP contribution in [0.4, 0.5) is 0 Å². The molecule has 1 saturated heterocycles. The fourth-order valence-electron chi connectivity index (χ4n) is 4.49. The molecule has 1 fully saturated rings. The van der Waals surface area contributed by atoms with Crippen LogP contribution in [0, 0.1) is 11.8 Å². The van der Waals surface area contributed by atoms with E-state index in [4.69, 9.17) is 9.84 Å². The molecular formula is C26H33N3O2. The van der Waals surface area contributed by atoms with Crippen molar-refractivity contribution in [2.45, 2.75) is 39.3 Å². The van der Waals surface area contributed by atoms with E-state index in [1.807, 2.05) is 41.1 Å². The molecule has 1 aromatic heterocycles. The summed E-state index contributed by atoms with van der Waals surface area (Å²) in [6, 6.07) is 18.4. The van der Waals surface area contributed by atoms with Crippen LogP contribution in [0.25, 0.3) is 16.9 Å². The molecule has 164 valence electrons. The van der Waals surface area contributed by atoms with E-state index in [0.717, 1.165) is 55.2 Å². The zero-order valence-corrected chi connectivity index (χ0v) is 18.7. The van der Waals surface area contributed by atoms with Gasteiger partial charge in [0.2, 0.25) is 0 Å². The van der Waals surface area contributed by atoms with E-state index in [1.165, 1.54) is 5.56 Å². The van der Waals surface area contributed by atoms with Gasteiger partial charge in [-0.25, -0.2) is 4.68 Å². The molecule has 2 aromatic carbocycles. The number of aromatic nitrogens is 2. The first kappa shape index (κ1) is 21.6. The number of nitrogens with zero attached hydrogens (tertiary/aromatic N) is 3. The maximum absolute atomic E-state index is 10.5. The average Bonchev–Trinajstić information content (AvgIpc) is 3.23. The van der Waals surface area contributed by atoms with Gasteiger partial charge in [-0.2, -0.15) is 5.10 Å². The number of piperidine rings is 1. The van der Waals surface area contributed by atoms with Crippen molar-refractivity contribution in [2.24, 2.45) is 11.8 Å². The largest absolute Gasteiger partial charge is 0.497 e. The minimum Gasteiger partial charge on any atom is -0.497 e. The SMILES string of the molecule is COc1cccc(-c2nn(-c3ccccc3)cc2CN2CCC(C(O)C(C)C)CC2)c1. The topological polar surface area (TPSA) is 50.5 Å². The van der Waals surface area contributed by atoms with Gasteiger partial charge in [-0.3, -0.25) is 4.90 Å². The smallest absolute Gasteiger partial charge is 0.119 e. The fraction of sp³-hybridized carbons (Fsp3) is 0.423. The number of hydrogen-bond donors (Lipinski definition) is 1. The molecule has 5 nitrogen and oxygen atoms in total. The van der Waals surface area contributed by atoms with Crippen LogP contribution in [0.3, 0.4) is 0 Å². The summed E-state index contributed by atoms with van der Waals surface area (Å²) < 4.78 is 7.41. The molecular weight excluding hydrogens is 386 g/mol. The zero-order chi connectivity index (χ0) is 21.8. The lowest BCUT2D eigenvalue weighted by Gasteiger charge is -2.35. The lowest BCUT2D eigenvalue weighted by molar-refractivity contribution is 0.0270. The fourth-order valence-corrected chi connectivity index (χ4v) is 4.49. The van der Waals surface area contributed by atoms with Gasteiger partial charge in [0, 0.05) is 23.9 Å². The average molecular weight is 420 g/mol. The number of likely N-dealkylation sites (tertiary alicyclic amines) is 1. The first-order chi connectivity index (χ1) is 15.0. The van der Waals surface area contributed by atoms with Crippen molar-refractivity contribution in [1.29, 1.82) is 0 Å². The standard InChI is InChI=1S/C26H33N3O2/c1-19(2)26(30)20-12-14-28(15-13-20)17-22-18-29(23-9-5-4-6-10-23)27-25(22)21-8-7-11-24(16-21)31-3/h4-11,16,18-20,26,30H,12-15,17H2,1-3H3. The Morgan fingerprint density at radius 2 is 1.81 bits per heavy atom. The Hall–Kier alpha value is -2.63. The molecule has 0 saturated carbocycles. The minimum absolute atomic E-state index is 0.199. The van der Waals surface area contributed by atoms with Gasteiger partial charge in [-0.15, -0.1) is 0 Å². The summed E-state index contributed by atoms with van der Waals surface area (Å²) in [5.74, 6) is 1.56. The van der Waals surface area contributed by atoms with Crippen LogP contribution >= 0.6 is 0 Å². The van der Waals surface area contributed by atoms with E-state index < -0.39 is 0 Å². The highest BCUT2D eigenvalue weighted by Crippen LogP contribution is 2.30. The van der Waals surface area contributed by atoms with Gasteiger partial charge in [0.05, 0.1) is 24.6 Å². The second kappa shape index (κ2) is 9.67. The lowest BCUT2D eigenvalue weighted by Crippen LogP contribution is -2.39. The molecule has 0 amide bonds. The van der Waals surface area contributed by atoms with Crippen molar-refractivity contribution < 1.29 is 9.84 Å². The Kier molecular flexibility index (Phi) is 6.73. The van der Waals surface area contributed by atoms with Gasteiger partial charge >= 0.3 is 0 Å². The molecule has 1 aliphatic rings. The molecule has 31 heavy (non-hydrogen) atoms. The molecule has 1 unspecified atom stereocenters. The summed E-state index contributed by atoms with van der Waals surface area (Å²) in [7, 11) is 1.69. The van der Waals surface area contributed by atoms with Crippen LogP contribution in [-0.2, 0) is 6.54 Å². The Balaban J connectivity index is 1.58. The predicted octanol–water partition coefficient (Wildman–Crippen LogP) is 4.78. The van der Waals surface area contributed by atoms with Crippen molar-refractivity contribution >= 4 is 0 Å². The van der Waals surface area contributed by atoms with Gasteiger partial charge in [0.25, 0.3) is 0 Å². The van der Waals surface area contributed by atoms with E-state index >= 15 is 0 Å². The molecule has 0 bridgehead atoms. The summed E-state index contributed by atoms with van der Waals surface area (Å²) in [6.07, 6.45) is 4.04. The number of aliphatic hydroxyl groups is 1. The number of methoxy groups -OCH3 is 1. The van der Waals surface area contributed by atoms with E-state index in [9.17, 15) is 5.11 Å². The zero-order valence-electron chi connectivity index (χ0n) is 18.7. The Labute approximate surface area is 185 Å². The van der Waals surface area contributed by atoms with Crippen LogP contribution in [0.2, 0.25) is 0 Å². The minimum atomic E-state index is -0.199. The van der Waals surface area contributed by atoms with Gasteiger partial charge in [0.15, 0.2) is 0 Å². The normalized spacial score (nSPS) is 16.5. The predicted molar refractivity (Wildman–Crippen MR) is 124 cm³/mol. The van der Waals surface area contributed by atoms with Crippen molar-refractivity contribution in [2.75, 3.05) is 20.2 Å². The van der Waals surface area contributed by atoms with Crippen LogP contribution in [-0.4, -0.2) is 46.1 Å². The third kappa shape index (κ3) is 5.00. The van der Waals surface area contributed by atoms with Crippen LogP contribution < -0.4 is 4.74 Å². The summed E-state index contributed by atoms with van der Waals surface area (Å²) >= 11 is 0. The molecule has 4 rings (SSSR count). The van der Waals surface area contributed by atoms with E-state index in [1.54, 1.807) is 7.11 Å². The Morgan fingerprint density at radius 3 is 2.48 bits per heavy atom. The van der Waals surface area contributed by atoms with Crippen molar-refractivity contribution in [1.82, 2.24) is 14.7 Å². The number of ether oxygens (including phenoxy) is 1. The highest BCUT2D eigenvalue weighted by atomic mass is 16.5. The first-order valence-electron chi connectivity index (χ1n) is 11.2. The second-order valence-corrected chi connectivity index (χ2v) is 8.86. The quantitative estimate of drug-likeness (QED) is 0.599. The Morgan fingerprint density at radius 1 is 1.06 bits per heavy atom. The number of hydrogen-bond acceptors (Lipinski definition) is 4. The van der Waals surface area contributed by atoms with Gasteiger partial charge in [-0.1, -0.05) is 44.2 Å². The van der Waals surface area contributed by atoms with Gasteiger partial charge < -0.3 is 9.84 Å². The number of rotatable bonds is 7. The Bertz CT molecular complexity index is 975. The molecule has 2 heterocycles. The maximum Gasteiger partial charge on any atom is 0.119 e. The lowest BCUT2D eigenvalue weighted by atomic mass is 9.85. The number of para-hydroxylation sites is 1. The molecule has 1 atom stereocenters. The third-order valence-electron chi connectivity index (χ3n) is 6.35. The van der Waals surface area contributed by atoms with E-state index in [2.05, 4.69) is 43.1 Å². The van der Waals surface area contributed by atoms with Crippen molar-refractivity contribution in [3.8, 4) is 22.7 Å². The maximum atomic E-state index is 10.5. The highest BCUT2D eigenvalue weighted by Gasteiger charge is 2.27. The summed E-state index contributed by atoms with van der Waals surface area (Å²) in [5.41, 5.74) is 4.32. The molecule has 3 aromatic rings.